The fourth-order valence-electron chi connectivity index (χ4n) is 3.33. The molecule has 0 bridgehead atoms. The Labute approximate surface area is 196 Å². The smallest absolute Gasteiger partial charge is 0.253 e. The summed E-state index contributed by atoms with van der Waals surface area (Å²) >= 11 is 0. The first-order valence-corrected chi connectivity index (χ1v) is 15.3. The summed E-state index contributed by atoms with van der Waals surface area (Å²) in [5.74, 6) is 0. The minimum atomic E-state index is -4.12. The third-order valence-corrected chi connectivity index (χ3v) is 8.80. The second-order valence-electron chi connectivity index (χ2n) is 8.25. The van der Waals surface area contributed by atoms with Gasteiger partial charge in [0.2, 0.25) is 0 Å². The Morgan fingerprint density at radius 3 is 1.53 bits per heavy atom. The molecule has 0 N–H and O–H groups in total. The molecule has 0 spiro atoms. The second kappa shape index (κ2) is 17.7. The molecule has 1 aromatic carbocycles. The summed E-state index contributed by atoms with van der Waals surface area (Å²) in [6, 6.07) is 7.77. The minimum Gasteiger partial charge on any atom is -0.438 e. The Morgan fingerprint density at radius 1 is 0.688 bits per heavy atom. The van der Waals surface area contributed by atoms with E-state index in [4.69, 9.17) is 9.05 Å². The van der Waals surface area contributed by atoms with Gasteiger partial charge in [0.15, 0.2) is 0 Å². The van der Waals surface area contributed by atoms with E-state index in [-0.39, 0.29) is 18.1 Å². The number of benzene rings is 1. The number of unbranched alkanes of at least 4 members (excludes halogenated alkanes) is 12. The van der Waals surface area contributed by atoms with E-state index in [2.05, 4.69) is 18.3 Å². The van der Waals surface area contributed by atoms with Gasteiger partial charge in [-0.1, -0.05) is 109 Å². The molecule has 0 unspecified atom stereocenters. The maximum atomic E-state index is 13.2. The molecule has 0 radical (unpaired) electrons. The molecule has 186 valence electrons. The van der Waals surface area contributed by atoms with Gasteiger partial charge >= 0.3 is 0 Å². The van der Waals surface area contributed by atoms with Crippen molar-refractivity contribution in [2.45, 2.75) is 109 Å². The van der Waals surface area contributed by atoms with Crippen molar-refractivity contribution in [3.05, 3.63) is 34.8 Å². The fraction of sp³-hybridized carbons (Fsp3) is 0.750. The molecule has 0 aliphatic heterocycles. The van der Waals surface area contributed by atoms with Crippen LogP contribution in [-0.2, 0) is 23.6 Å². The SMILES string of the molecule is CCCCCCCCCOP(=O)([N-]S(=O)(=O)c1ccccc1)OCCCCCCCCC. The number of nitrogens with zero attached hydrogens (tertiary/aromatic N) is 1. The largest absolute Gasteiger partial charge is 0.438 e. The monoisotopic (exact) mass is 488 g/mol. The first-order valence-electron chi connectivity index (χ1n) is 12.4. The highest BCUT2D eigenvalue weighted by molar-refractivity contribution is 8.01. The van der Waals surface area contributed by atoms with Crippen LogP contribution < -0.4 is 0 Å². The van der Waals surface area contributed by atoms with E-state index in [1.54, 1.807) is 18.2 Å². The highest BCUT2D eigenvalue weighted by atomic mass is 32.2. The van der Waals surface area contributed by atoms with Crippen LogP contribution in [0.15, 0.2) is 35.2 Å². The van der Waals surface area contributed by atoms with E-state index in [1.807, 2.05) is 0 Å². The van der Waals surface area contributed by atoms with Crippen LogP contribution in [0.25, 0.3) is 4.49 Å². The lowest BCUT2D eigenvalue weighted by atomic mass is 10.1. The Balaban J connectivity index is 2.52. The third-order valence-electron chi connectivity index (χ3n) is 5.25. The summed E-state index contributed by atoms with van der Waals surface area (Å²) in [4.78, 5) is -0.0146. The van der Waals surface area contributed by atoms with Crippen molar-refractivity contribution < 1.29 is 22.0 Å². The molecule has 32 heavy (non-hydrogen) atoms. The molecular formula is C24H43NO5PS-. The van der Waals surface area contributed by atoms with E-state index in [1.165, 1.54) is 63.5 Å². The lowest BCUT2D eigenvalue weighted by Gasteiger charge is -2.30. The van der Waals surface area contributed by atoms with E-state index < -0.39 is 17.8 Å². The summed E-state index contributed by atoms with van der Waals surface area (Å²) in [5, 5.41) is 0. The maximum absolute atomic E-state index is 13.2. The summed E-state index contributed by atoms with van der Waals surface area (Å²) in [5.41, 5.74) is 0. The summed E-state index contributed by atoms with van der Waals surface area (Å²) in [6.07, 6.45) is 15.2. The third kappa shape index (κ3) is 13.7. The van der Waals surface area contributed by atoms with Gasteiger partial charge in [-0.15, -0.1) is 0 Å². The van der Waals surface area contributed by atoms with Crippen LogP contribution in [0, 0.1) is 0 Å². The molecular weight excluding hydrogens is 445 g/mol. The van der Waals surface area contributed by atoms with E-state index in [9.17, 15) is 13.0 Å². The molecule has 0 aromatic heterocycles. The molecule has 0 heterocycles. The van der Waals surface area contributed by atoms with Gasteiger partial charge in [-0.05, 0) is 25.0 Å². The molecule has 6 nitrogen and oxygen atoms in total. The molecule has 1 rings (SSSR count). The lowest BCUT2D eigenvalue weighted by Crippen LogP contribution is -2.05. The second-order valence-corrected chi connectivity index (χ2v) is 11.8. The van der Waals surface area contributed by atoms with E-state index in [0.717, 1.165) is 25.7 Å². The highest BCUT2D eigenvalue weighted by Gasteiger charge is 2.19. The van der Waals surface area contributed by atoms with Crippen molar-refractivity contribution in [3.8, 4) is 0 Å². The maximum Gasteiger partial charge on any atom is 0.253 e. The fourth-order valence-corrected chi connectivity index (χ4v) is 6.44. The standard InChI is InChI=1S/C24H43NO5PS/c1-3-5-7-9-11-13-18-22-29-31(26,30-23-19-14-12-10-8-6-4-2)25-32(27,28)24-20-16-15-17-21-24/h15-17,20-21H,3-14,18-19,22-23H2,1-2H3/q-1. The molecule has 0 saturated heterocycles. The predicted molar refractivity (Wildman–Crippen MR) is 132 cm³/mol. The van der Waals surface area contributed by atoms with Crippen molar-refractivity contribution in [2.24, 2.45) is 0 Å². The quantitative estimate of drug-likeness (QED) is 0.128. The van der Waals surface area contributed by atoms with Crippen LogP contribution in [0.2, 0.25) is 0 Å². The van der Waals surface area contributed by atoms with Gasteiger partial charge in [0.05, 0.1) is 13.2 Å². The first-order chi connectivity index (χ1) is 15.4. The van der Waals surface area contributed by atoms with Crippen molar-refractivity contribution in [3.63, 3.8) is 0 Å². The van der Waals surface area contributed by atoms with Crippen LogP contribution >= 0.6 is 7.75 Å². The first kappa shape index (κ1) is 29.3. The normalized spacial score (nSPS) is 12.3. The number of hydrogen-bond donors (Lipinski definition) is 0. The Bertz CT molecular complexity index is 703. The number of rotatable bonds is 21. The van der Waals surface area contributed by atoms with Gasteiger partial charge < -0.3 is 13.5 Å². The van der Waals surface area contributed by atoms with Gasteiger partial charge in [-0.3, -0.25) is 4.57 Å². The van der Waals surface area contributed by atoms with Crippen molar-refractivity contribution in [1.29, 1.82) is 0 Å². The Hall–Kier alpha value is -0.720. The predicted octanol–water partition coefficient (Wildman–Crippen LogP) is 8.39. The molecule has 0 fully saturated rings. The van der Waals surface area contributed by atoms with Crippen LogP contribution in [0.1, 0.15) is 104 Å². The summed E-state index contributed by atoms with van der Waals surface area (Å²) < 4.78 is 52.9. The summed E-state index contributed by atoms with van der Waals surface area (Å²) in [7, 11) is -8.22. The average Bonchev–Trinajstić information content (AvgIpc) is 2.78. The van der Waals surface area contributed by atoms with Gasteiger partial charge in [0.25, 0.3) is 7.75 Å². The zero-order chi connectivity index (χ0) is 23.5. The van der Waals surface area contributed by atoms with Crippen molar-refractivity contribution in [2.75, 3.05) is 13.2 Å². The van der Waals surface area contributed by atoms with Crippen LogP contribution in [0.5, 0.6) is 0 Å². The van der Waals surface area contributed by atoms with Gasteiger partial charge in [0.1, 0.15) is 10.0 Å². The highest BCUT2D eigenvalue weighted by Crippen LogP contribution is 2.57. The molecule has 0 atom stereocenters. The molecule has 0 aliphatic rings. The average molecular weight is 489 g/mol. The Kier molecular flexibility index (Phi) is 16.2. The zero-order valence-corrected chi connectivity index (χ0v) is 21.8. The Morgan fingerprint density at radius 2 is 1.09 bits per heavy atom. The van der Waals surface area contributed by atoms with Gasteiger partial charge in [-0.2, -0.15) is 0 Å². The lowest BCUT2D eigenvalue weighted by molar-refractivity contribution is 0.204. The van der Waals surface area contributed by atoms with Crippen LogP contribution in [0.4, 0.5) is 0 Å². The van der Waals surface area contributed by atoms with Crippen LogP contribution in [0.3, 0.4) is 0 Å². The van der Waals surface area contributed by atoms with Gasteiger partial charge in [-0.25, -0.2) is 8.42 Å². The van der Waals surface area contributed by atoms with Crippen molar-refractivity contribution >= 4 is 17.8 Å². The molecule has 0 amide bonds. The van der Waals surface area contributed by atoms with E-state index in [0.29, 0.717) is 12.8 Å². The zero-order valence-electron chi connectivity index (χ0n) is 20.0. The molecule has 8 heteroatoms. The van der Waals surface area contributed by atoms with Crippen LogP contribution in [-0.4, -0.2) is 21.6 Å². The van der Waals surface area contributed by atoms with Crippen molar-refractivity contribution in [1.82, 2.24) is 0 Å². The summed E-state index contributed by atoms with van der Waals surface area (Å²) in [6.45, 7) is 4.72. The van der Waals surface area contributed by atoms with Gasteiger partial charge in [0, 0.05) is 4.90 Å². The number of sulfonamides is 1. The van der Waals surface area contributed by atoms with E-state index >= 15 is 0 Å². The molecule has 1 aromatic rings. The minimum absolute atomic E-state index is 0.0146. The topological polar surface area (TPSA) is 83.8 Å². The number of hydrogen-bond acceptors (Lipinski definition) is 5. The molecule has 0 aliphatic carbocycles. The molecule has 0 saturated carbocycles.